The monoisotopic (exact) mass is 300 g/mol. The van der Waals surface area contributed by atoms with Crippen LogP contribution in [0.4, 0.5) is 0 Å². The summed E-state index contributed by atoms with van der Waals surface area (Å²) < 4.78 is 11.6. The summed E-state index contributed by atoms with van der Waals surface area (Å²) in [5.74, 6) is -2.26. The van der Waals surface area contributed by atoms with Crippen molar-refractivity contribution in [2.45, 2.75) is 52.4 Å². The highest BCUT2D eigenvalue weighted by Crippen LogP contribution is 2.64. The Bertz CT molecular complexity index is 610. The first-order valence-electron chi connectivity index (χ1n) is 7.49. The van der Waals surface area contributed by atoms with Gasteiger partial charge in [-0.2, -0.15) is 15.8 Å². The van der Waals surface area contributed by atoms with E-state index in [2.05, 4.69) is 18.2 Å². The molecular weight excluding hydrogens is 280 g/mol. The quantitative estimate of drug-likeness (QED) is 0.860. The minimum atomic E-state index is -1.69. The van der Waals surface area contributed by atoms with Gasteiger partial charge in [0, 0.05) is 6.92 Å². The van der Waals surface area contributed by atoms with E-state index in [0.29, 0.717) is 6.42 Å². The zero-order valence-corrected chi connectivity index (χ0v) is 13.3. The Morgan fingerprint density at radius 2 is 1.82 bits per heavy atom. The van der Waals surface area contributed by atoms with Gasteiger partial charge in [-0.1, -0.05) is 27.2 Å². The zero-order chi connectivity index (χ0) is 16.8. The van der Waals surface area contributed by atoms with Crippen molar-refractivity contribution in [3.05, 3.63) is 0 Å². The Labute approximate surface area is 130 Å². The summed E-state index contributed by atoms with van der Waals surface area (Å²) in [6, 6.07) is 6.23. The third kappa shape index (κ3) is 1.58. The Hall–Kier alpha value is -2.10. The van der Waals surface area contributed by atoms with Crippen molar-refractivity contribution >= 4 is 5.90 Å². The molecule has 0 aromatic carbocycles. The molecule has 3 heterocycles. The fraction of sp³-hybridized carbons (Fsp3) is 0.750. The van der Waals surface area contributed by atoms with Crippen LogP contribution >= 0.6 is 0 Å². The Kier molecular flexibility index (Phi) is 3.68. The molecule has 1 N–H and O–H groups in total. The topological polar surface area (TPSA) is 114 Å². The largest absolute Gasteiger partial charge is 0.448 e. The molecule has 0 aliphatic carbocycles. The third-order valence-electron chi connectivity index (χ3n) is 4.94. The van der Waals surface area contributed by atoms with Gasteiger partial charge in [-0.05, 0) is 12.3 Å². The van der Waals surface area contributed by atoms with Crippen LogP contribution in [0.2, 0.25) is 0 Å². The van der Waals surface area contributed by atoms with Gasteiger partial charge in [-0.15, -0.1) is 0 Å². The first kappa shape index (κ1) is 16.3. The fourth-order valence-corrected chi connectivity index (χ4v) is 3.96. The first-order chi connectivity index (χ1) is 10.3. The number of nitrogens with zero attached hydrogens (tertiary/aromatic N) is 3. The van der Waals surface area contributed by atoms with Crippen molar-refractivity contribution in [1.82, 2.24) is 0 Å². The van der Waals surface area contributed by atoms with Crippen LogP contribution < -0.4 is 0 Å². The lowest BCUT2D eigenvalue weighted by molar-refractivity contribution is -0.347. The van der Waals surface area contributed by atoms with E-state index in [0.717, 1.165) is 6.42 Å². The lowest BCUT2D eigenvalue weighted by atomic mass is 9.49. The van der Waals surface area contributed by atoms with Gasteiger partial charge >= 0.3 is 0 Å². The van der Waals surface area contributed by atoms with Crippen LogP contribution in [-0.4, -0.2) is 17.8 Å². The van der Waals surface area contributed by atoms with Crippen molar-refractivity contribution in [3.63, 3.8) is 0 Å². The second-order valence-electron chi connectivity index (χ2n) is 6.52. The molecule has 6 heteroatoms. The van der Waals surface area contributed by atoms with Gasteiger partial charge in [0.05, 0.1) is 30.2 Å². The average Bonchev–Trinajstić information content (AvgIpc) is 2.48. The molecule has 0 spiro atoms. The maximum atomic E-state index is 9.87. The van der Waals surface area contributed by atoms with E-state index in [-0.39, 0.29) is 11.8 Å². The summed E-state index contributed by atoms with van der Waals surface area (Å²) in [5.41, 5.74) is -3.34. The second kappa shape index (κ2) is 4.97. The van der Waals surface area contributed by atoms with Gasteiger partial charge in [-0.25, -0.2) is 0 Å². The lowest BCUT2D eigenvalue weighted by Crippen LogP contribution is -2.75. The smallest absolute Gasteiger partial charge is 0.215 e. The molecule has 3 saturated heterocycles. The van der Waals surface area contributed by atoms with Crippen LogP contribution in [0.3, 0.4) is 0 Å². The van der Waals surface area contributed by atoms with Crippen molar-refractivity contribution in [2.75, 3.05) is 0 Å². The molecule has 0 radical (unpaired) electrons. The standard InChI is InChI=1S/C16H20N4O2/c1-5-6-11-14(4)21-12(10(2)3)16(9-19,13(20)22-14)15(11,7-17)8-18/h10-12,20H,5-6H2,1-4H3. The number of rotatable bonds is 3. The van der Waals surface area contributed by atoms with Crippen LogP contribution in [0, 0.1) is 62.1 Å². The van der Waals surface area contributed by atoms with Crippen LogP contribution in [-0.2, 0) is 9.47 Å². The van der Waals surface area contributed by atoms with Crippen molar-refractivity contribution in [3.8, 4) is 18.2 Å². The van der Waals surface area contributed by atoms with Crippen molar-refractivity contribution in [1.29, 1.82) is 21.2 Å². The van der Waals surface area contributed by atoms with E-state index in [1.165, 1.54) is 0 Å². The van der Waals surface area contributed by atoms with Crippen LogP contribution in [0.1, 0.15) is 40.5 Å². The predicted octanol–water partition coefficient (Wildman–Crippen LogP) is 2.72. The Morgan fingerprint density at radius 1 is 1.23 bits per heavy atom. The van der Waals surface area contributed by atoms with Gasteiger partial charge in [-0.3, -0.25) is 5.41 Å². The summed E-state index contributed by atoms with van der Waals surface area (Å²) >= 11 is 0. The molecule has 3 fully saturated rings. The maximum Gasteiger partial charge on any atom is 0.215 e. The van der Waals surface area contributed by atoms with Gasteiger partial charge in [0.15, 0.2) is 10.8 Å². The summed E-state index contributed by atoms with van der Waals surface area (Å²) in [4.78, 5) is 0. The Morgan fingerprint density at radius 3 is 2.23 bits per heavy atom. The molecule has 0 aromatic rings. The van der Waals surface area contributed by atoms with Gasteiger partial charge < -0.3 is 9.47 Å². The molecule has 3 rings (SSSR count). The molecule has 22 heavy (non-hydrogen) atoms. The van der Waals surface area contributed by atoms with Gasteiger partial charge in [0.2, 0.25) is 11.7 Å². The lowest BCUT2D eigenvalue weighted by Gasteiger charge is -2.62. The first-order valence-corrected chi connectivity index (χ1v) is 7.49. The molecule has 0 aromatic heterocycles. The highest BCUT2D eigenvalue weighted by Gasteiger charge is 2.78. The molecule has 0 saturated carbocycles. The summed E-state index contributed by atoms with van der Waals surface area (Å²) in [6.45, 7) is 7.32. The van der Waals surface area contributed by atoms with Crippen molar-refractivity contribution < 1.29 is 9.47 Å². The van der Waals surface area contributed by atoms with E-state index < -0.39 is 28.6 Å². The molecular formula is C16H20N4O2. The SMILES string of the molecule is CCCC1C2(C)OC(=N)C(C#N)(C(C(C)C)O2)C1(C#N)C#N. The minimum Gasteiger partial charge on any atom is -0.448 e. The molecule has 116 valence electrons. The zero-order valence-electron chi connectivity index (χ0n) is 13.3. The predicted molar refractivity (Wildman–Crippen MR) is 77.0 cm³/mol. The van der Waals surface area contributed by atoms with E-state index in [1.54, 1.807) is 6.92 Å². The Balaban J connectivity index is 2.81. The normalized spacial score (nSPS) is 38.7. The number of nitriles is 3. The number of ether oxygens (including phenoxy) is 2. The summed E-state index contributed by atoms with van der Waals surface area (Å²) in [5, 5.41) is 37.8. The van der Waals surface area contributed by atoms with E-state index in [1.807, 2.05) is 20.8 Å². The molecule has 4 atom stereocenters. The third-order valence-corrected chi connectivity index (χ3v) is 4.94. The number of hydrogen-bond donors (Lipinski definition) is 1. The fourth-order valence-electron chi connectivity index (χ4n) is 3.96. The van der Waals surface area contributed by atoms with Gasteiger partial charge in [0.1, 0.15) is 0 Å². The number of hydrogen-bond acceptors (Lipinski definition) is 6. The summed E-state index contributed by atoms with van der Waals surface area (Å²) in [6.07, 6.45) is 0.509. The van der Waals surface area contributed by atoms with Crippen LogP contribution in [0.15, 0.2) is 0 Å². The van der Waals surface area contributed by atoms with Crippen LogP contribution in [0.25, 0.3) is 0 Å². The number of nitrogens with one attached hydrogen (secondary N) is 1. The molecule has 6 nitrogen and oxygen atoms in total. The summed E-state index contributed by atoms with van der Waals surface area (Å²) in [7, 11) is 0. The second-order valence-corrected chi connectivity index (χ2v) is 6.52. The highest BCUT2D eigenvalue weighted by molar-refractivity contribution is 5.88. The number of fused-ring (bicyclic) bond motifs is 3. The molecule has 3 aliphatic rings. The maximum absolute atomic E-state index is 9.87. The van der Waals surface area contributed by atoms with E-state index in [9.17, 15) is 15.8 Å². The van der Waals surface area contributed by atoms with Crippen LogP contribution in [0.5, 0.6) is 0 Å². The molecule has 2 bridgehead atoms. The van der Waals surface area contributed by atoms with E-state index >= 15 is 0 Å². The van der Waals surface area contributed by atoms with Gasteiger partial charge in [0.25, 0.3) is 0 Å². The van der Waals surface area contributed by atoms with Crippen molar-refractivity contribution in [2.24, 2.45) is 22.7 Å². The molecule has 3 aliphatic heterocycles. The minimum absolute atomic E-state index is 0.133. The molecule has 0 amide bonds. The average molecular weight is 300 g/mol. The highest BCUT2D eigenvalue weighted by atomic mass is 16.7. The van der Waals surface area contributed by atoms with E-state index in [4.69, 9.17) is 14.9 Å². The molecule has 4 unspecified atom stereocenters.